The average molecular weight is 280 g/mol. The summed E-state index contributed by atoms with van der Waals surface area (Å²) in [7, 11) is 0. The number of benzene rings is 2. The van der Waals surface area contributed by atoms with Crippen molar-refractivity contribution in [3.63, 3.8) is 0 Å². The van der Waals surface area contributed by atoms with Crippen molar-refractivity contribution in [2.75, 3.05) is 10.6 Å². The van der Waals surface area contributed by atoms with Gasteiger partial charge < -0.3 is 10.6 Å². The van der Waals surface area contributed by atoms with E-state index in [2.05, 4.69) is 22.8 Å². The highest BCUT2D eigenvalue weighted by atomic mass is 16.2. The summed E-state index contributed by atoms with van der Waals surface area (Å²) in [6, 6.07) is 12.0. The first-order chi connectivity index (χ1) is 10.1. The molecule has 108 valence electrons. The number of urea groups is 1. The second-order valence-electron chi connectivity index (χ2n) is 5.73. The average Bonchev–Trinajstić information content (AvgIpc) is 2.90. The van der Waals surface area contributed by atoms with E-state index in [1.54, 1.807) is 0 Å². The minimum Gasteiger partial charge on any atom is -0.308 e. The van der Waals surface area contributed by atoms with Gasteiger partial charge in [-0.1, -0.05) is 18.2 Å². The number of amides is 2. The third-order valence-corrected chi connectivity index (χ3v) is 4.00. The minimum absolute atomic E-state index is 0.193. The Labute approximate surface area is 125 Å². The lowest BCUT2D eigenvalue weighted by Gasteiger charge is -2.11. The van der Waals surface area contributed by atoms with Gasteiger partial charge in [-0.2, -0.15) is 0 Å². The third-order valence-electron chi connectivity index (χ3n) is 4.00. The van der Waals surface area contributed by atoms with Crippen molar-refractivity contribution in [1.29, 1.82) is 0 Å². The Kier molecular flexibility index (Phi) is 3.65. The number of aryl methyl sites for hydroxylation is 4. The van der Waals surface area contributed by atoms with Gasteiger partial charge in [-0.15, -0.1) is 0 Å². The van der Waals surface area contributed by atoms with Crippen LogP contribution in [0.4, 0.5) is 16.2 Å². The summed E-state index contributed by atoms with van der Waals surface area (Å²) in [4.78, 5) is 12.1. The van der Waals surface area contributed by atoms with Crippen LogP contribution in [0.1, 0.15) is 28.7 Å². The maximum Gasteiger partial charge on any atom is 0.323 e. The van der Waals surface area contributed by atoms with Gasteiger partial charge in [0.25, 0.3) is 0 Å². The Hall–Kier alpha value is -2.29. The normalized spacial score (nSPS) is 12.9. The van der Waals surface area contributed by atoms with E-state index in [0.717, 1.165) is 35.3 Å². The number of carbonyl (C=O) groups excluding carboxylic acids is 1. The van der Waals surface area contributed by atoms with E-state index >= 15 is 0 Å². The molecule has 2 aromatic rings. The standard InChI is InChI=1S/C18H20N2O/c1-12-6-7-13(2)17(10-12)20-18(21)19-16-9-8-14-4-3-5-15(14)11-16/h6-11H,3-5H2,1-2H3,(H2,19,20,21). The van der Waals surface area contributed by atoms with Crippen LogP contribution in [0.5, 0.6) is 0 Å². The molecule has 1 aliphatic carbocycles. The van der Waals surface area contributed by atoms with Crippen LogP contribution in [-0.4, -0.2) is 6.03 Å². The predicted octanol–water partition coefficient (Wildman–Crippen LogP) is 4.44. The van der Waals surface area contributed by atoms with Crippen LogP contribution in [0, 0.1) is 13.8 Å². The monoisotopic (exact) mass is 280 g/mol. The summed E-state index contributed by atoms with van der Waals surface area (Å²) in [5, 5.41) is 5.83. The van der Waals surface area contributed by atoms with Gasteiger partial charge in [-0.3, -0.25) is 0 Å². The zero-order valence-electron chi connectivity index (χ0n) is 12.5. The zero-order valence-corrected chi connectivity index (χ0v) is 12.5. The van der Waals surface area contributed by atoms with Gasteiger partial charge in [0.2, 0.25) is 0 Å². The van der Waals surface area contributed by atoms with E-state index in [9.17, 15) is 4.79 Å². The molecule has 0 atom stereocenters. The molecule has 3 heteroatoms. The molecule has 2 amide bonds. The highest BCUT2D eigenvalue weighted by Crippen LogP contribution is 2.25. The molecule has 21 heavy (non-hydrogen) atoms. The minimum atomic E-state index is -0.193. The fourth-order valence-electron chi connectivity index (χ4n) is 2.80. The van der Waals surface area contributed by atoms with E-state index in [4.69, 9.17) is 0 Å². The van der Waals surface area contributed by atoms with Crippen molar-refractivity contribution in [3.8, 4) is 0 Å². The molecule has 0 bridgehead atoms. The molecular weight excluding hydrogens is 260 g/mol. The van der Waals surface area contributed by atoms with E-state index in [-0.39, 0.29) is 6.03 Å². The number of hydrogen-bond donors (Lipinski definition) is 2. The van der Waals surface area contributed by atoms with Gasteiger partial charge in [-0.05, 0) is 73.6 Å². The van der Waals surface area contributed by atoms with Crippen molar-refractivity contribution in [2.24, 2.45) is 0 Å². The van der Waals surface area contributed by atoms with E-state index in [1.807, 2.05) is 38.1 Å². The van der Waals surface area contributed by atoms with Gasteiger partial charge >= 0.3 is 6.03 Å². The van der Waals surface area contributed by atoms with Gasteiger partial charge in [0.1, 0.15) is 0 Å². The predicted molar refractivity (Wildman–Crippen MR) is 87.0 cm³/mol. The Bertz CT molecular complexity index is 692. The molecule has 1 aliphatic rings. The fraction of sp³-hybridized carbons (Fsp3) is 0.278. The summed E-state index contributed by atoms with van der Waals surface area (Å²) in [5.74, 6) is 0. The Balaban J connectivity index is 1.70. The first kappa shape index (κ1) is 13.7. The van der Waals surface area contributed by atoms with E-state index < -0.39 is 0 Å². The van der Waals surface area contributed by atoms with Crippen molar-refractivity contribution in [3.05, 3.63) is 58.7 Å². The summed E-state index contributed by atoms with van der Waals surface area (Å²) in [6.07, 6.45) is 3.49. The maximum atomic E-state index is 12.1. The third kappa shape index (κ3) is 3.07. The Morgan fingerprint density at radius 1 is 0.952 bits per heavy atom. The summed E-state index contributed by atoms with van der Waals surface area (Å²) < 4.78 is 0. The second-order valence-corrected chi connectivity index (χ2v) is 5.73. The lowest BCUT2D eigenvalue weighted by Crippen LogP contribution is -2.20. The van der Waals surface area contributed by atoms with Gasteiger partial charge in [0, 0.05) is 11.4 Å². The molecule has 3 nitrogen and oxygen atoms in total. The molecule has 0 spiro atoms. The Morgan fingerprint density at radius 3 is 2.62 bits per heavy atom. The first-order valence-electron chi connectivity index (χ1n) is 7.39. The second kappa shape index (κ2) is 5.60. The quantitative estimate of drug-likeness (QED) is 0.839. The number of carbonyl (C=O) groups is 1. The van der Waals surface area contributed by atoms with Crippen LogP contribution in [-0.2, 0) is 12.8 Å². The van der Waals surface area contributed by atoms with Crippen molar-refractivity contribution >= 4 is 17.4 Å². The number of rotatable bonds is 2. The van der Waals surface area contributed by atoms with Crippen LogP contribution < -0.4 is 10.6 Å². The molecule has 0 saturated heterocycles. The van der Waals surface area contributed by atoms with Gasteiger partial charge in [-0.25, -0.2) is 4.79 Å². The van der Waals surface area contributed by atoms with Crippen molar-refractivity contribution in [2.45, 2.75) is 33.1 Å². The van der Waals surface area contributed by atoms with Crippen LogP contribution in [0.2, 0.25) is 0 Å². The molecular formula is C18H20N2O. The summed E-state index contributed by atoms with van der Waals surface area (Å²) in [6.45, 7) is 4.01. The van der Waals surface area contributed by atoms with E-state index in [1.165, 1.54) is 17.5 Å². The lowest BCUT2D eigenvalue weighted by atomic mass is 10.1. The number of anilines is 2. The van der Waals surface area contributed by atoms with E-state index in [0.29, 0.717) is 0 Å². The molecule has 0 saturated carbocycles. The van der Waals surface area contributed by atoms with Crippen LogP contribution in [0.3, 0.4) is 0 Å². The smallest absolute Gasteiger partial charge is 0.308 e. The van der Waals surface area contributed by atoms with Crippen molar-refractivity contribution in [1.82, 2.24) is 0 Å². The molecule has 0 unspecified atom stereocenters. The molecule has 0 heterocycles. The molecule has 0 radical (unpaired) electrons. The van der Waals surface area contributed by atoms with Crippen molar-refractivity contribution < 1.29 is 4.79 Å². The molecule has 3 rings (SSSR count). The van der Waals surface area contributed by atoms with Gasteiger partial charge in [0.15, 0.2) is 0 Å². The number of fused-ring (bicyclic) bond motifs is 1. The fourth-order valence-corrected chi connectivity index (χ4v) is 2.80. The topological polar surface area (TPSA) is 41.1 Å². The molecule has 0 aliphatic heterocycles. The molecule has 0 aromatic heterocycles. The summed E-state index contributed by atoms with van der Waals surface area (Å²) in [5.41, 5.74) is 6.68. The lowest BCUT2D eigenvalue weighted by molar-refractivity contribution is 0.262. The zero-order chi connectivity index (χ0) is 14.8. The van der Waals surface area contributed by atoms with Crippen LogP contribution in [0.25, 0.3) is 0 Å². The first-order valence-corrected chi connectivity index (χ1v) is 7.39. The number of hydrogen-bond acceptors (Lipinski definition) is 1. The Morgan fingerprint density at radius 2 is 1.76 bits per heavy atom. The van der Waals surface area contributed by atoms with Crippen LogP contribution in [0.15, 0.2) is 36.4 Å². The van der Waals surface area contributed by atoms with Gasteiger partial charge in [0.05, 0.1) is 0 Å². The summed E-state index contributed by atoms with van der Waals surface area (Å²) >= 11 is 0. The maximum absolute atomic E-state index is 12.1. The molecule has 0 fully saturated rings. The number of nitrogens with one attached hydrogen (secondary N) is 2. The SMILES string of the molecule is Cc1ccc(C)c(NC(=O)Nc2ccc3c(c2)CCC3)c1. The molecule has 2 aromatic carbocycles. The van der Waals surface area contributed by atoms with Crippen LogP contribution >= 0.6 is 0 Å². The highest BCUT2D eigenvalue weighted by molar-refractivity contribution is 6.00. The molecule has 2 N–H and O–H groups in total. The highest BCUT2D eigenvalue weighted by Gasteiger charge is 2.12. The largest absolute Gasteiger partial charge is 0.323 e.